The van der Waals surface area contributed by atoms with Crippen molar-refractivity contribution in [1.29, 1.82) is 0 Å². The number of ether oxygens (including phenoxy) is 1. The highest BCUT2D eigenvalue weighted by Crippen LogP contribution is 2.34. The smallest absolute Gasteiger partial charge is 0.416 e. The van der Waals surface area contributed by atoms with E-state index in [2.05, 4.69) is 23.1 Å². The summed E-state index contributed by atoms with van der Waals surface area (Å²) in [5, 5.41) is 4.11. The van der Waals surface area contributed by atoms with Gasteiger partial charge >= 0.3 is 6.18 Å². The molecular weight excluding hydrogens is 395 g/mol. The topological polar surface area (TPSA) is 75.0 Å². The third-order valence-corrected chi connectivity index (χ3v) is 3.85. The molecule has 2 aromatic heterocycles. The molecule has 0 spiro atoms. The Bertz CT molecular complexity index is 941. The van der Waals surface area contributed by atoms with Crippen molar-refractivity contribution in [1.82, 2.24) is 23.5 Å². The summed E-state index contributed by atoms with van der Waals surface area (Å²) in [5.74, 6) is 0.291. The van der Waals surface area contributed by atoms with Gasteiger partial charge in [-0.3, -0.25) is 0 Å². The zero-order valence-corrected chi connectivity index (χ0v) is 14.5. The molecule has 0 atom stereocenters. The fourth-order valence-electron chi connectivity index (χ4n) is 1.98. The van der Waals surface area contributed by atoms with Crippen LogP contribution in [0.5, 0.6) is 11.6 Å². The molecule has 0 saturated heterocycles. The van der Waals surface area contributed by atoms with E-state index >= 15 is 0 Å². The molecule has 26 heavy (non-hydrogen) atoms. The molecule has 0 bridgehead atoms. The van der Waals surface area contributed by atoms with Crippen molar-refractivity contribution in [2.24, 2.45) is 0 Å². The van der Waals surface area contributed by atoms with Crippen LogP contribution in [0.25, 0.3) is 23.7 Å². The number of hydrogen-bond acceptors (Lipinski definition) is 7. The molecule has 0 aliphatic rings. The standard InChI is InChI=1S/C14H9ClF3N5O2S/c1-24-10-5-8(4-9(6-10)14(16,17)18)12-19-7-23(20-12)3-2-11-13(25-15)22-26-21-11/h2-7H,1H3/b3-2-. The van der Waals surface area contributed by atoms with E-state index in [-0.39, 0.29) is 23.0 Å². The van der Waals surface area contributed by atoms with Gasteiger partial charge < -0.3 is 9.03 Å². The van der Waals surface area contributed by atoms with Crippen molar-refractivity contribution in [3.63, 3.8) is 0 Å². The van der Waals surface area contributed by atoms with Crippen LogP contribution in [0.4, 0.5) is 13.2 Å². The molecule has 2 heterocycles. The second kappa shape index (κ2) is 7.30. The minimum Gasteiger partial charge on any atom is -0.497 e. The second-order valence-electron chi connectivity index (χ2n) is 4.84. The van der Waals surface area contributed by atoms with Gasteiger partial charge in [-0.15, -0.1) is 9.47 Å². The molecule has 0 unspecified atom stereocenters. The summed E-state index contributed by atoms with van der Waals surface area (Å²) in [6, 6.07) is 3.28. The van der Waals surface area contributed by atoms with Gasteiger partial charge in [0.05, 0.1) is 24.4 Å². The fraction of sp³-hybridized carbons (Fsp3) is 0.143. The van der Waals surface area contributed by atoms with Crippen LogP contribution >= 0.6 is 23.6 Å². The van der Waals surface area contributed by atoms with Crippen molar-refractivity contribution in [2.75, 3.05) is 7.11 Å². The molecule has 3 rings (SSSR count). The number of halogens is 4. The van der Waals surface area contributed by atoms with Crippen molar-refractivity contribution in [3.05, 3.63) is 35.8 Å². The Morgan fingerprint density at radius 1 is 1.23 bits per heavy atom. The summed E-state index contributed by atoms with van der Waals surface area (Å²) >= 11 is 6.16. The first-order valence-electron chi connectivity index (χ1n) is 6.88. The lowest BCUT2D eigenvalue weighted by molar-refractivity contribution is -0.137. The predicted molar refractivity (Wildman–Crippen MR) is 88.6 cm³/mol. The van der Waals surface area contributed by atoms with Crippen LogP contribution in [0.15, 0.2) is 24.5 Å². The quantitative estimate of drug-likeness (QED) is 0.641. The largest absolute Gasteiger partial charge is 0.497 e. The van der Waals surface area contributed by atoms with E-state index in [4.69, 9.17) is 16.6 Å². The second-order valence-corrected chi connectivity index (χ2v) is 5.53. The summed E-state index contributed by atoms with van der Waals surface area (Å²) in [4.78, 5) is 4.01. The molecule has 1 aromatic carbocycles. The third kappa shape index (κ3) is 3.94. The molecule has 0 aliphatic carbocycles. The molecule has 3 aromatic rings. The fourth-order valence-corrected chi connectivity index (χ4v) is 2.61. The lowest BCUT2D eigenvalue weighted by Gasteiger charge is -2.10. The van der Waals surface area contributed by atoms with Crippen LogP contribution < -0.4 is 9.03 Å². The van der Waals surface area contributed by atoms with E-state index in [1.165, 1.54) is 36.5 Å². The molecule has 0 amide bonds. The summed E-state index contributed by atoms with van der Waals surface area (Å²) in [5.41, 5.74) is -0.303. The van der Waals surface area contributed by atoms with E-state index in [9.17, 15) is 13.2 Å². The van der Waals surface area contributed by atoms with Crippen molar-refractivity contribution in [3.8, 4) is 23.0 Å². The summed E-state index contributed by atoms with van der Waals surface area (Å²) < 4.78 is 57.5. The van der Waals surface area contributed by atoms with Gasteiger partial charge in [0.2, 0.25) is 0 Å². The molecule has 0 N–H and O–H groups in total. The Hall–Kier alpha value is -2.66. The first-order chi connectivity index (χ1) is 12.4. The van der Waals surface area contributed by atoms with E-state index < -0.39 is 11.7 Å². The van der Waals surface area contributed by atoms with Crippen LogP contribution in [-0.4, -0.2) is 30.6 Å². The zero-order valence-electron chi connectivity index (χ0n) is 12.9. The average Bonchev–Trinajstić information content (AvgIpc) is 3.27. The number of alkyl halides is 3. The summed E-state index contributed by atoms with van der Waals surface area (Å²) in [6.07, 6.45) is -0.176. The Balaban J connectivity index is 1.90. The number of methoxy groups -OCH3 is 1. The van der Waals surface area contributed by atoms with Crippen LogP contribution in [-0.2, 0) is 6.18 Å². The molecular formula is C14H9ClF3N5O2S. The maximum absolute atomic E-state index is 13.0. The normalized spacial score (nSPS) is 11.9. The molecule has 0 fully saturated rings. The number of benzene rings is 1. The molecule has 0 radical (unpaired) electrons. The Labute approximate surface area is 154 Å². The summed E-state index contributed by atoms with van der Waals surface area (Å²) in [7, 11) is 1.28. The van der Waals surface area contributed by atoms with Gasteiger partial charge in [0, 0.05) is 11.8 Å². The van der Waals surface area contributed by atoms with Gasteiger partial charge in [0.25, 0.3) is 5.88 Å². The molecule has 12 heteroatoms. The molecule has 0 aliphatic heterocycles. The van der Waals surface area contributed by atoms with Crippen LogP contribution in [0.2, 0.25) is 0 Å². The number of aromatic nitrogens is 5. The Morgan fingerprint density at radius 3 is 2.73 bits per heavy atom. The highest BCUT2D eigenvalue weighted by atomic mass is 35.5. The highest BCUT2D eigenvalue weighted by molar-refractivity contribution is 6.99. The van der Waals surface area contributed by atoms with Gasteiger partial charge in [-0.1, -0.05) is 0 Å². The zero-order chi connectivity index (χ0) is 18.7. The summed E-state index contributed by atoms with van der Waals surface area (Å²) in [6.45, 7) is 0. The van der Waals surface area contributed by atoms with Crippen LogP contribution in [0.1, 0.15) is 11.3 Å². The SMILES string of the molecule is COc1cc(-c2ncn(/C=C\c3nsnc3OCl)n2)cc(C(F)(F)F)c1. The molecule has 136 valence electrons. The Kier molecular flexibility index (Phi) is 5.09. The molecule has 7 nitrogen and oxygen atoms in total. The highest BCUT2D eigenvalue weighted by Gasteiger charge is 2.31. The minimum absolute atomic E-state index is 0.0548. The lowest BCUT2D eigenvalue weighted by atomic mass is 10.1. The van der Waals surface area contributed by atoms with Crippen LogP contribution in [0.3, 0.4) is 0 Å². The van der Waals surface area contributed by atoms with Crippen molar-refractivity contribution >= 4 is 35.9 Å². The van der Waals surface area contributed by atoms with Crippen LogP contribution in [0, 0.1) is 0 Å². The van der Waals surface area contributed by atoms with Gasteiger partial charge in [-0.25, -0.2) is 9.67 Å². The van der Waals surface area contributed by atoms with E-state index in [0.29, 0.717) is 5.69 Å². The van der Waals surface area contributed by atoms with Crippen molar-refractivity contribution < 1.29 is 22.2 Å². The first-order valence-corrected chi connectivity index (χ1v) is 7.91. The number of hydrogen-bond donors (Lipinski definition) is 0. The number of nitrogens with zero attached hydrogens (tertiary/aromatic N) is 5. The maximum Gasteiger partial charge on any atom is 0.416 e. The molecule has 0 saturated carbocycles. The van der Waals surface area contributed by atoms with E-state index in [1.54, 1.807) is 0 Å². The predicted octanol–water partition coefficient (Wildman–Crippen LogP) is 3.98. The number of rotatable bonds is 5. The maximum atomic E-state index is 13.0. The lowest BCUT2D eigenvalue weighted by Crippen LogP contribution is -2.05. The monoisotopic (exact) mass is 403 g/mol. The van der Waals surface area contributed by atoms with E-state index in [1.807, 2.05) is 0 Å². The van der Waals surface area contributed by atoms with Gasteiger partial charge in [0.15, 0.2) is 5.82 Å². The van der Waals surface area contributed by atoms with Gasteiger partial charge in [0.1, 0.15) is 29.6 Å². The average molecular weight is 404 g/mol. The van der Waals surface area contributed by atoms with Gasteiger partial charge in [-0.2, -0.15) is 17.5 Å². The minimum atomic E-state index is -4.51. The third-order valence-electron chi connectivity index (χ3n) is 3.18. The van der Waals surface area contributed by atoms with Gasteiger partial charge in [-0.05, 0) is 24.3 Å². The van der Waals surface area contributed by atoms with E-state index in [0.717, 1.165) is 23.9 Å². The van der Waals surface area contributed by atoms with Crippen molar-refractivity contribution in [2.45, 2.75) is 6.18 Å². The first kappa shape index (κ1) is 18.1. The Morgan fingerprint density at radius 2 is 2.04 bits per heavy atom.